The minimum absolute atomic E-state index is 0.0762. The predicted molar refractivity (Wildman–Crippen MR) is 164 cm³/mol. The van der Waals surface area contributed by atoms with Gasteiger partial charge in [0.15, 0.2) is 35.3 Å². The summed E-state index contributed by atoms with van der Waals surface area (Å²) in [5.41, 5.74) is 6.74. The number of fused-ring (bicyclic) bond motifs is 1. The number of imidazole rings is 1. The van der Waals surface area contributed by atoms with Gasteiger partial charge in [-0.3, -0.25) is 9.97 Å². The third-order valence-corrected chi connectivity index (χ3v) is 8.06. The number of rotatable bonds is 11. The molecule has 0 radical (unpaired) electrons. The highest BCUT2D eigenvalue weighted by atomic mass is 19.3. The first-order valence-electron chi connectivity index (χ1n) is 14.6. The molecular weight excluding hydrogens is 622 g/mol. The molecule has 16 heteroatoms. The number of hydrogen-bond acceptors (Lipinski definition) is 11. The summed E-state index contributed by atoms with van der Waals surface area (Å²) >= 11 is 0. The molecule has 1 aliphatic heterocycles. The molecule has 0 spiro atoms. The van der Waals surface area contributed by atoms with Crippen LogP contribution in [0.1, 0.15) is 18.4 Å². The number of alkyl halides is 2. The Bertz CT molecular complexity index is 1860. The Morgan fingerprint density at radius 1 is 1.11 bits per heavy atom. The van der Waals surface area contributed by atoms with E-state index in [2.05, 4.69) is 30.2 Å². The number of methoxy groups -OCH3 is 1. The summed E-state index contributed by atoms with van der Waals surface area (Å²) in [6.45, 7) is 0.546. The van der Waals surface area contributed by atoms with Gasteiger partial charge in [-0.15, -0.1) is 0 Å². The van der Waals surface area contributed by atoms with E-state index in [1.54, 1.807) is 46.4 Å². The van der Waals surface area contributed by atoms with Gasteiger partial charge in [0, 0.05) is 30.9 Å². The van der Waals surface area contributed by atoms with E-state index in [0.29, 0.717) is 46.9 Å². The monoisotopic (exact) mass is 653 g/mol. The van der Waals surface area contributed by atoms with Crippen LogP contribution >= 0.6 is 0 Å². The number of aliphatic hydroxyl groups is 1. The van der Waals surface area contributed by atoms with E-state index in [0.717, 1.165) is 12.1 Å². The van der Waals surface area contributed by atoms with Crippen molar-refractivity contribution in [2.24, 2.45) is 5.73 Å². The maximum atomic E-state index is 15.1. The van der Waals surface area contributed by atoms with Crippen molar-refractivity contribution >= 4 is 22.7 Å². The third-order valence-electron chi connectivity index (χ3n) is 8.06. The molecule has 0 saturated carbocycles. The number of anilines is 2. The molecule has 1 saturated heterocycles. The molecule has 1 fully saturated rings. The molecule has 2 atom stereocenters. The van der Waals surface area contributed by atoms with E-state index in [4.69, 9.17) is 15.2 Å². The molecule has 6 rings (SSSR count). The van der Waals surface area contributed by atoms with Crippen LogP contribution in [0.4, 0.5) is 29.1 Å². The van der Waals surface area contributed by atoms with E-state index in [1.165, 1.54) is 19.6 Å². The lowest BCUT2D eigenvalue weighted by atomic mass is 9.84. The molecule has 246 valence electrons. The summed E-state index contributed by atoms with van der Waals surface area (Å²) in [7, 11) is 1.23. The van der Waals surface area contributed by atoms with Crippen LogP contribution in [0.3, 0.4) is 0 Å². The smallest absolute Gasteiger partial charge is 0.265 e. The number of ether oxygens (including phenoxy) is 2. The van der Waals surface area contributed by atoms with E-state index in [1.807, 2.05) is 0 Å². The van der Waals surface area contributed by atoms with E-state index < -0.39 is 29.7 Å². The number of pyridine rings is 2. The minimum atomic E-state index is -3.03. The van der Waals surface area contributed by atoms with Crippen LogP contribution in [0.15, 0.2) is 61.6 Å². The van der Waals surface area contributed by atoms with Gasteiger partial charge in [-0.05, 0) is 42.7 Å². The molecule has 4 aromatic heterocycles. The molecule has 1 aromatic carbocycles. The summed E-state index contributed by atoms with van der Waals surface area (Å²) in [5.74, 6) is -0.808. The normalized spacial score (nSPS) is 17.2. The fourth-order valence-electron chi connectivity index (χ4n) is 5.67. The lowest BCUT2D eigenvalue weighted by molar-refractivity contribution is -0.0529. The van der Waals surface area contributed by atoms with Gasteiger partial charge in [-0.1, -0.05) is 0 Å². The van der Waals surface area contributed by atoms with Crippen molar-refractivity contribution in [3.05, 3.63) is 78.8 Å². The Morgan fingerprint density at radius 3 is 2.72 bits per heavy atom. The first-order valence-corrected chi connectivity index (χ1v) is 14.6. The van der Waals surface area contributed by atoms with Crippen molar-refractivity contribution in [1.82, 2.24) is 29.5 Å². The number of nitrogens with two attached hydrogens (primary N) is 1. The molecule has 1 aliphatic rings. The summed E-state index contributed by atoms with van der Waals surface area (Å²) in [6.07, 6.45) is 3.13. The van der Waals surface area contributed by atoms with Gasteiger partial charge in [-0.2, -0.15) is 0 Å². The highest BCUT2D eigenvalue weighted by molar-refractivity contribution is 5.82. The number of halogens is 4. The molecule has 47 heavy (non-hydrogen) atoms. The molecule has 0 amide bonds. The van der Waals surface area contributed by atoms with Gasteiger partial charge in [0.25, 0.3) is 6.43 Å². The second kappa shape index (κ2) is 13.3. The molecule has 12 nitrogen and oxygen atoms in total. The Morgan fingerprint density at radius 2 is 1.96 bits per heavy atom. The second-order valence-electron chi connectivity index (χ2n) is 11.1. The largest absolute Gasteiger partial charge is 0.494 e. The Kier molecular flexibility index (Phi) is 9.04. The maximum absolute atomic E-state index is 15.1. The molecule has 5 heterocycles. The lowest BCUT2D eigenvalue weighted by Gasteiger charge is -2.44. The van der Waals surface area contributed by atoms with E-state index in [-0.39, 0.29) is 43.2 Å². The molecular formula is C31H31F4N9O3. The SMILES string of the molecule is COc1cc(F)c(-c2cc(Cn3cnc4c(NCOc5cccnc5)ncnc43)c(N3CCC[C@](N)([C@H](O)C(F)F)C3)cn2)cc1F. The van der Waals surface area contributed by atoms with Crippen molar-refractivity contribution in [3.63, 3.8) is 0 Å². The zero-order valence-electron chi connectivity index (χ0n) is 25.2. The topological polar surface area (TPSA) is 149 Å². The number of nitrogens with one attached hydrogen (secondary N) is 1. The van der Waals surface area contributed by atoms with Crippen molar-refractivity contribution < 1.29 is 32.1 Å². The van der Waals surface area contributed by atoms with Crippen molar-refractivity contribution in [2.45, 2.75) is 37.5 Å². The number of hydrogen-bond donors (Lipinski definition) is 3. The van der Waals surface area contributed by atoms with Gasteiger partial charge in [0.2, 0.25) is 0 Å². The van der Waals surface area contributed by atoms with Crippen LogP contribution in [-0.4, -0.2) is 79.6 Å². The van der Waals surface area contributed by atoms with Crippen LogP contribution in [-0.2, 0) is 6.54 Å². The quantitative estimate of drug-likeness (QED) is 0.140. The van der Waals surface area contributed by atoms with Crippen LogP contribution in [0.2, 0.25) is 0 Å². The zero-order chi connectivity index (χ0) is 33.1. The van der Waals surface area contributed by atoms with Gasteiger partial charge in [-0.25, -0.2) is 32.5 Å². The number of aromatic nitrogens is 6. The number of aliphatic hydroxyl groups excluding tert-OH is 1. The maximum Gasteiger partial charge on any atom is 0.265 e. The Hall–Kier alpha value is -5.09. The van der Waals surface area contributed by atoms with Gasteiger partial charge < -0.3 is 35.1 Å². The number of benzene rings is 1. The highest BCUT2D eigenvalue weighted by Crippen LogP contribution is 2.35. The van der Waals surface area contributed by atoms with E-state index in [9.17, 15) is 18.3 Å². The van der Waals surface area contributed by atoms with Crippen LogP contribution in [0.25, 0.3) is 22.4 Å². The van der Waals surface area contributed by atoms with Crippen molar-refractivity contribution in [3.8, 4) is 22.8 Å². The summed E-state index contributed by atoms with van der Waals surface area (Å²) in [6, 6.07) is 7.03. The molecule has 0 bridgehead atoms. The van der Waals surface area contributed by atoms with Crippen molar-refractivity contribution in [1.29, 1.82) is 0 Å². The summed E-state index contributed by atoms with van der Waals surface area (Å²) in [5, 5.41) is 13.3. The van der Waals surface area contributed by atoms with Crippen LogP contribution < -0.4 is 25.4 Å². The minimum Gasteiger partial charge on any atom is -0.494 e. The highest BCUT2D eigenvalue weighted by Gasteiger charge is 2.43. The average Bonchev–Trinajstić information content (AvgIpc) is 3.49. The van der Waals surface area contributed by atoms with Gasteiger partial charge >= 0.3 is 0 Å². The fourth-order valence-corrected chi connectivity index (χ4v) is 5.67. The Balaban J connectivity index is 1.35. The molecule has 0 aliphatic carbocycles. The first-order chi connectivity index (χ1) is 22.7. The summed E-state index contributed by atoms with van der Waals surface area (Å²) < 4.78 is 69.2. The predicted octanol–water partition coefficient (Wildman–Crippen LogP) is 3.99. The van der Waals surface area contributed by atoms with Gasteiger partial charge in [0.1, 0.15) is 24.0 Å². The molecule has 4 N–H and O–H groups in total. The second-order valence-corrected chi connectivity index (χ2v) is 11.1. The van der Waals surface area contributed by atoms with E-state index >= 15 is 4.39 Å². The Labute approximate surface area is 266 Å². The third kappa shape index (κ3) is 6.59. The number of nitrogens with zero attached hydrogens (tertiary/aromatic N) is 7. The van der Waals surface area contributed by atoms with Gasteiger partial charge in [0.05, 0.1) is 49.3 Å². The standard InChI is InChI=1S/C31H31F4N9O3/c1-46-25-10-21(32)20(9-22(25)33)23-8-18(24(12-38-23)43-7-3-5-31(36,14-43)27(45)28(34)35)13-44-16-41-26-29(39-15-40-30(26)44)42-17-47-19-4-2-6-37-11-19/h2,4,6,8-12,15-16,27-28,45H,3,5,7,13-14,17,36H2,1H3,(H,39,40,42)/t27-,31-/m1/s1. The molecule has 0 unspecified atom stereocenters. The lowest BCUT2D eigenvalue weighted by Crippen LogP contribution is -2.63. The van der Waals surface area contributed by atoms with Crippen LogP contribution in [0, 0.1) is 11.6 Å². The average molecular weight is 654 g/mol. The summed E-state index contributed by atoms with van der Waals surface area (Å²) in [4.78, 5) is 23.4. The van der Waals surface area contributed by atoms with Crippen LogP contribution in [0.5, 0.6) is 11.5 Å². The number of piperidine rings is 1. The van der Waals surface area contributed by atoms with Crippen molar-refractivity contribution in [2.75, 3.05) is 37.1 Å². The zero-order valence-corrected chi connectivity index (χ0v) is 25.2. The first kappa shape index (κ1) is 31.9. The fraction of sp³-hybridized carbons (Fsp3) is 0.323. The molecule has 5 aromatic rings.